The van der Waals surface area contributed by atoms with Gasteiger partial charge in [0, 0.05) is 12.0 Å². The first-order valence-electron chi connectivity index (χ1n) is 4.68. The van der Waals surface area contributed by atoms with E-state index in [1.54, 1.807) is 12.2 Å². The zero-order valence-corrected chi connectivity index (χ0v) is 8.23. The molecule has 0 saturated heterocycles. The summed E-state index contributed by atoms with van der Waals surface area (Å²) in [6, 6.07) is 7.39. The molecule has 1 N–H and O–H groups in total. The topological polar surface area (TPSA) is 37.3 Å². The van der Waals surface area contributed by atoms with Crippen molar-refractivity contribution in [1.29, 1.82) is 0 Å². The Kier molecular flexibility index (Phi) is 4.08. The zero-order valence-electron chi connectivity index (χ0n) is 8.23. The summed E-state index contributed by atoms with van der Waals surface area (Å²) in [6.45, 7) is 1.87. The van der Waals surface area contributed by atoms with E-state index >= 15 is 0 Å². The predicted octanol–water partition coefficient (Wildman–Crippen LogP) is 2.28. The molecule has 14 heavy (non-hydrogen) atoms. The second kappa shape index (κ2) is 5.35. The van der Waals surface area contributed by atoms with Crippen molar-refractivity contribution in [1.82, 2.24) is 0 Å². The van der Waals surface area contributed by atoms with Crippen LogP contribution in [0.1, 0.15) is 29.3 Å². The molecule has 1 rings (SSSR count). The number of carbonyl (C=O) groups is 1. The molecule has 0 radical (unpaired) electrons. The van der Waals surface area contributed by atoms with Crippen LogP contribution < -0.4 is 0 Å². The van der Waals surface area contributed by atoms with Crippen molar-refractivity contribution in [3.63, 3.8) is 0 Å². The molecule has 0 unspecified atom stereocenters. The first-order valence-corrected chi connectivity index (χ1v) is 4.68. The maximum Gasteiger partial charge on any atom is 0.162 e. The van der Waals surface area contributed by atoms with Crippen LogP contribution in [0.3, 0.4) is 0 Å². The molecule has 2 heteroatoms. The summed E-state index contributed by atoms with van der Waals surface area (Å²) in [5.41, 5.74) is 1.67. The average Bonchev–Trinajstić information content (AvgIpc) is 2.25. The highest BCUT2D eigenvalue weighted by atomic mass is 16.2. The summed E-state index contributed by atoms with van der Waals surface area (Å²) < 4.78 is 0. The molecule has 74 valence electrons. The maximum absolute atomic E-state index is 11.4. The lowest BCUT2D eigenvalue weighted by molar-refractivity contribution is 0.0988. The lowest BCUT2D eigenvalue weighted by Crippen LogP contribution is -1.95. The Labute approximate surface area is 83.9 Å². The summed E-state index contributed by atoms with van der Waals surface area (Å²) in [5, 5.41) is 8.60. The van der Waals surface area contributed by atoms with Gasteiger partial charge in [0.2, 0.25) is 0 Å². The van der Waals surface area contributed by atoms with Gasteiger partial charge in [0.25, 0.3) is 0 Å². The molecule has 2 nitrogen and oxygen atoms in total. The third-order valence-corrected chi connectivity index (χ3v) is 1.95. The van der Waals surface area contributed by atoms with Gasteiger partial charge in [0.1, 0.15) is 0 Å². The van der Waals surface area contributed by atoms with Gasteiger partial charge in [-0.3, -0.25) is 4.79 Å². The van der Waals surface area contributed by atoms with E-state index in [-0.39, 0.29) is 12.4 Å². The van der Waals surface area contributed by atoms with Gasteiger partial charge in [-0.25, -0.2) is 0 Å². The molecular formula is C12H14O2. The van der Waals surface area contributed by atoms with Crippen molar-refractivity contribution in [2.45, 2.75) is 13.3 Å². The molecule has 0 aliphatic carbocycles. The quantitative estimate of drug-likeness (QED) is 0.739. The Hall–Kier alpha value is -1.41. The normalized spacial score (nSPS) is 10.7. The summed E-state index contributed by atoms with van der Waals surface area (Å²) in [7, 11) is 0. The molecule has 0 aliphatic rings. The first kappa shape index (κ1) is 10.7. The molecule has 1 aromatic carbocycles. The molecule has 0 heterocycles. The van der Waals surface area contributed by atoms with Crippen molar-refractivity contribution in [3.05, 3.63) is 41.5 Å². The molecule has 1 aromatic rings. The second-order valence-electron chi connectivity index (χ2n) is 2.99. The van der Waals surface area contributed by atoms with Crippen LogP contribution in [0.4, 0.5) is 0 Å². The number of Topliss-reactive ketones (excluding diaryl/α,β-unsaturated/α-hetero) is 1. The van der Waals surface area contributed by atoms with Crippen LogP contribution in [0.25, 0.3) is 6.08 Å². The summed E-state index contributed by atoms with van der Waals surface area (Å²) >= 11 is 0. The van der Waals surface area contributed by atoms with E-state index in [9.17, 15) is 4.79 Å². The minimum absolute atomic E-state index is 0.0198. The van der Waals surface area contributed by atoms with Crippen LogP contribution in [-0.2, 0) is 0 Å². The summed E-state index contributed by atoms with van der Waals surface area (Å²) in [6.07, 6.45) is 3.97. The van der Waals surface area contributed by atoms with Gasteiger partial charge in [-0.2, -0.15) is 0 Å². The zero-order chi connectivity index (χ0) is 10.4. The Morgan fingerprint density at radius 2 is 2.29 bits per heavy atom. The number of rotatable bonds is 4. The largest absolute Gasteiger partial charge is 0.392 e. The van der Waals surface area contributed by atoms with Crippen LogP contribution in [-0.4, -0.2) is 17.5 Å². The lowest BCUT2D eigenvalue weighted by atomic mass is 10.1. The van der Waals surface area contributed by atoms with Gasteiger partial charge >= 0.3 is 0 Å². The monoisotopic (exact) mass is 190 g/mol. The Balaban J connectivity index is 2.89. The second-order valence-corrected chi connectivity index (χ2v) is 2.99. The molecule has 0 spiro atoms. The standard InChI is InChI=1S/C12H14O2/c1-2-12(14)11-7-3-5-10(9-11)6-4-8-13/h3-7,9,13H,2,8H2,1H3. The number of hydrogen-bond acceptors (Lipinski definition) is 2. The third-order valence-electron chi connectivity index (χ3n) is 1.95. The highest BCUT2D eigenvalue weighted by Crippen LogP contribution is 2.09. The van der Waals surface area contributed by atoms with Gasteiger partial charge in [0.05, 0.1) is 6.61 Å². The molecule has 0 aromatic heterocycles. The predicted molar refractivity (Wildman–Crippen MR) is 57.2 cm³/mol. The number of hydrogen-bond donors (Lipinski definition) is 1. The van der Waals surface area contributed by atoms with Gasteiger partial charge < -0.3 is 5.11 Å². The van der Waals surface area contributed by atoms with Crippen molar-refractivity contribution >= 4 is 11.9 Å². The summed E-state index contributed by atoms with van der Waals surface area (Å²) in [5.74, 6) is 0.143. The Bertz CT molecular complexity index is 340. The number of ketones is 1. The Morgan fingerprint density at radius 3 is 2.93 bits per heavy atom. The van der Waals surface area contributed by atoms with Gasteiger partial charge in [-0.05, 0) is 11.6 Å². The minimum atomic E-state index is 0.0198. The number of benzene rings is 1. The third kappa shape index (κ3) is 2.82. The SMILES string of the molecule is CCC(=O)c1cccc(C=CCO)c1. The van der Waals surface area contributed by atoms with E-state index in [1.807, 2.05) is 31.2 Å². The van der Waals surface area contributed by atoms with Crippen molar-refractivity contribution in [3.8, 4) is 0 Å². The van der Waals surface area contributed by atoms with E-state index in [4.69, 9.17) is 5.11 Å². The summed E-state index contributed by atoms with van der Waals surface area (Å²) in [4.78, 5) is 11.4. The first-order chi connectivity index (χ1) is 6.77. The lowest BCUT2D eigenvalue weighted by Gasteiger charge is -1.99. The van der Waals surface area contributed by atoms with E-state index in [0.29, 0.717) is 6.42 Å². The number of carbonyl (C=O) groups excluding carboxylic acids is 1. The number of aliphatic hydroxyl groups excluding tert-OH is 1. The molecular weight excluding hydrogens is 176 g/mol. The smallest absolute Gasteiger partial charge is 0.162 e. The molecule has 0 saturated carbocycles. The molecule has 0 amide bonds. The van der Waals surface area contributed by atoms with Gasteiger partial charge in [0.15, 0.2) is 5.78 Å². The molecule has 0 aliphatic heterocycles. The fourth-order valence-corrected chi connectivity index (χ4v) is 1.21. The fraction of sp³-hybridized carbons (Fsp3) is 0.250. The highest BCUT2D eigenvalue weighted by Gasteiger charge is 2.01. The molecule has 0 bridgehead atoms. The van der Waals surface area contributed by atoms with Crippen LogP contribution in [0.15, 0.2) is 30.3 Å². The van der Waals surface area contributed by atoms with Crippen LogP contribution in [0, 0.1) is 0 Å². The maximum atomic E-state index is 11.4. The van der Waals surface area contributed by atoms with Crippen LogP contribution in [0.5, 0.6) is 0 Å². The van der Waals surface area contributed by atoms with Gasteiger partial charge in [-0.1, -0.05) is 37.3 Å². The highest BCUT2D eigenvalue weighted by molar-refractivity contribution is 5.96. The molecule has 0 atom stereocenters. The van der Waals surface area contributed by atoms with Crippen molar-refractivity contribution < 1.29 is 9.90 Å². The average molecular weight is 190 g/mol. The Morgan fingerprint density at radius 1 is 1.50 bits per heavy atom. The molecule has 0 fully saturated rings. The minimum Gasteiger partial charge on any atom is -0.392 e. The van der Waals surface area contributed by atoms with E-state index in [0.717, 1.165) is 11.1 Å². The fourth-order valence-electron chi connectivity index (χ4n) is 1.21. The van der Waals surface area contributed by atoms with Crippen LogP contribution >= 0.6 is 0 Å². The van der Waals surface area contributed by atoms with E-state index in [2.05, 4.69) is 0 Å². The van der Waals surface area contributed by atoms with E-state index in [1.165, 1.54) is 0 Å². The van der Waals surface area contributed by atoms with Crippen molar-refractivity contribution in [2.75, 3.05) is 6.61 Å². The van der Waals surface area contributed by atoms with Crippen molar-refractivity contribution in [2.24, 2.45) is 0 Å². The van der Waals surface area contributed by atoms with Gasteiger partial charge in [-0.15, -0.1) is 0 Å². The number of aliphatic hydroxyl groups is 1. The van der Waals surface area contributed by atoms with Crippen LogP contribution in [0.2, 0.25) is 0 Å². The van der Waals surface area contributed by atoms with E-state index < -0.39 is 0 Å².